The number of alkyl carbamates (subject to hydrolysis) is 1. The van der Waals surface area contributed by atoms with E-state index in [1.165, 1.54) is 12.1 Å². The van der Waals surface area contributed by atoms with Gasteiger partial charge in [0.1, 0.15) is 11.5 Å². The van der Waals surface area contributed by atoms with Gasteiger partial charge in [0.15, 0.2) is 15.9 Å². The quantitative estimate of drug-likeness (QED) is 0.518. The van der Waals surface area contributed by atoms with E-state index in [2.05, 4.69) is 10.6 Å². The number of aryl methyl sites for hydroxylation is 1. The van der Waals surface area contributed by atoms with E-state index in [4.69, 9.17) is 9.47 Å². The summed E-state index contributed by atoms with van der Waals surface area (Å²) < 4.78 is 35.8. The molecular formula is C23H34N2O7S. The third-order valence-corrected chi connectivity index (χ3v) is 6.76. The van der Waals surface area contributed by atoms with E-state index >= 15 is 0 Å². The fourth-order valence-corrected chi connectivity index (χ4v) is 4.45. The Morgan fingerprint density at radius 3 is 2.21 bits per heavy atom. The van der Waals surface area contributed by atoms with Gasteiger partial charge in [-0.25, -0.2) is 13.2 Å². The Morgan fingerprint density at radius 2 is 1.73 bits per heavy atom. The molecule has 2 N–H and O–H groups in total. The number of sulfone groups is 1. The minimum atomic E-state index is -3.81. The molecule has 0 radical (unpaired) electrons. The molecule has 1 fully saturated rings. The molecule has 2 atom stereocenters. The number of hydrogen-bond acceptors (Lipinski definition) is 7. The van der Waals surface area contributed by atoms with E-state index in [1.807, 2.05) is 6.92 Å². The van der Waals surface area contributed by atoms with Crippen molar-refractivity contribution in [3.05, 3.63) is 29.8 Å². The minimum absolute atomic E-state index is 0.0651. The first-order valence-electron chi connectivity index (χ1n) is 11.0. The molecule has 0 bridgehead atoms. The van der Waals surface area contributed by atoms with Crippen molar-refractivity contribution in [2.45, 2.75) is 82.9 Å². The van der Waals surface area contributed by atoms with Crippen molar-refractivity contribution in [2.24, 2.45) is 5.92 Å². The molecule has 2 amide bonds. The average molecular weight is 483 g/mol. The molecule has 2 unspecified atom stereocenters. The zero-order valence-electron chi connectivity index (χ0n) is 19.8. The number of ether oxygens (including phenoxy) is 2. The maximum absolute atomic E-state index is 13.0. The number of amides is 2. The number of carbonyl (C=O) groups is 3. The van der Waals surface area contributed by atoms with Gasteiger partial charge in [-0.2, -0.15) is 0 Å². The highest BCUT2D eigenvalue weighted by Gasteiger charge is 2.37. The summed E-state index contributed by atoms with van der Waals surface area (Å²) in [4.78, 5) is 37.2. The Hall–Kier alpha value is -2.62. The fourth-order valence-electron chi connectivity index (χ4n) is 3.40. The van der Waals surface area contributed by atoms with E-state index in [1.54, 1.807) is 32.9 Å². The lowest BCUT2D eigenvalue weighted by molar-refractivity contribution is -0.156. The Kier molecular flexibility index (Phi) is 8.88. The van der Waals surface area contributed by atoms with Gasteiger partial charge in [0, 0.05) is 6.92 Å². The predicted molar refractivity (Wildman–Crippen MR) is 122 cm³/mol. The topological polar surface area (TPSA) is 128 Å². The van der Waals surface area contributed by atoms with Crippen LogP contribution in [0.15, 0.2) is 29.2 Å². The third-order valence-electron chi connectivity index (χ3n) is 5.25. The van der Waals surface area contributed by atoms with E-state index in [0.717, 1.165) is 31.7 Å². The van der Waals surface area contributed by atoms with Gasteiger partial charge in [0.2, 0.25) is 0 Å². The summed E-state index contributed by atoms with van der Waals surface area (Å²) in [5.74, 6) is -1.94. The van der Waals surface area contributed by atoms with Crippen LogP contribution in [0.5, 0.6) is 0 Å². The first kappa shape index (κ1) is 26.6. The predicted octanol–water partition coefficient (Wildman–Crippen LogP) is 2.86. The zero-order chi connectivity index (χ0) is 24.8. The molecule has 10 heteroatoms. The summed E-state index contributed by atoms with van der Waals surface area (Å²) in [7, 11) is -3.81. The number of hydrogen-bond donors (Lipinski definition) is 2. The van der Waals surface area contributed by atoms with Gasteiger partial charge in [-0.15, -0.1) is 0 Å². The molecule has 184 valence electrons. The third kappa shape index (κ3) is 8.68. The van der Waals surface area contributed by atoms with Crippen molar-refractivity contribution < 1.29 is 32.3 Å². The van der Waals surface area contributed by atoms with Crippen LogP contribution in [0.1, 0.15) is 58.9 Å². The van der Waals surface area contributed by atoms with Crippen LogP contribution in [0, 0.1) is 12.8 Å². The van der Waals surface area contributed by atoms with Gasteiger partial charge in [0.05, 0.1) is 10.9 Å². The lowest BCUT2D eigenvalue weighted by atomic mass is 9.80. The number of rotatable bonds is 9. The molecule has 1 aliphatic carbocycles. The molecule has 9 nitrogen and oxygen atoms in total. The monoisotopic (exact) mass is 482 g/mol. The first-order chi connectivity index (χ1) is 15.3. The van der Waals surface area contributed by atoms with Crippen LogP contribution in [0.25, 0.3) is 0 Å². The van der Waals surface area contributed by atoms with Crippen LogP contribution < -0.4 is 10.6 Å². The first-order valence-corrected chi connectivity index (χ1v) is 12.7. The highest BCUT2D eigenvalue weighted by atomic mass is 32.2. The standard InChI is InChI=1S/C23H34N2O7S/c1-15-9-11-18(12-10-15)33(29,30)14-24-21(27)20(31-16(2)26)19(13-17-7-6-8-17)25-22(28)32-23(3,4)5/h9-12,17,19-20H,6-8,13-14H2,1-5H3,(H,24,27)(H,25,28). The molecule has 1 aromatic rings. The van der Waals surface area contributed by atoms with Crippen molar-refractivity contribution in [3.63, 3.8) is 0 Å². The molecule has 0 saturated heterocycles. The van der Waals surface area contributed by atoms with E-state index < -0.39 is 51.4 Å². The molecular weight excluding hydrogens is 448 g/mol. The smallest absolute Gasteiger partial charge is 0.408 e. The summed E-state index contributed by atoms with van der Waals surface area (Å²) in [6.45, 7) is 8.11. The van der Waals surface area contributed by atoms with Gasteiger partial charge in [-0.05, 0) is 52.2 Å². The lowest BCUT2D eigenvalue weighted by Crippen LogP contribution is -2.54. The second-order valence-electron chi connectivity index (χ2n) is 9.43. The van der Waals surface area contributed by atoms with Crippen LogP contribution in [0.2, 0.25) is 0 Å². The summed E-state index contributed by atoms with van der Waals surface area (Å²) in [5, 5.41) is 5.00. The number of esters is 1. The van der Waals surface area contributed by atoms with Gasteiger partial charge < -0.3 is 20.1 Å². The van der Waals surface area contributed by atoms with Crippen LogP contribution in [-0.4, -0.2) is 50.0 Å². The highest BCUT2D eigenvalue weighted by molar-refractivity contribution is 7.91. The van der Waals surface area contributed by atoms with Gasteiger partial charge in [0.25, 0.3) is 5.91 Å². The Labute approximate surface area is 195 Å². The molecule has 0 heterocycles. The molecule has 0 aromatic heterocycles. The number of benzene rings is 1. The second-order valence-corrected chi connectivity index (χ2v) is 11.4. The number of nitrogens with one attached hydrogen (secondary N) is 2. The van der Waals surface area contributed by atoms with Crippen LogP contribution in [0.3, 0.4) is 0 Å². The lowest BCUT2D eigenvalue weighted by Gasteiger charge is -2.33. The van der Waals surface area contributed by atoms with Gasteiger partial charge in [-0.3, -0.25) is 9.59 Å². The van der Waals surface area contributed by atoms with Crippen molar-refractivity contribution in [1.29, 1.82) is 0 Å². The SMILES string of the molecule is CC(=O)OC(C(=O)NCS(=O)(=O)c1ccc(C)cc1)C(CC1CCC1)NC(=O)OC(C)(C)C. The van der Waals surface area contributed by atoms with Gasteiger partial charge >= 0.3 is 12.1 Å². The molecule has 2 rings (SSSR count). The van der Waals surface area contributed by atoms with Crippen LogP contribution >= 0.6 is 0 Å². The zero-order valence-corrected chi connectivity index (χ0v) is 20.7. The molecule has 0 aliphatic heterocycles. The minimum Gasteiger partial charge on any atom is -0.450 e. The summed E-state index contributed by atoms with van der Waals surface area (Å²) in [6.07, 6.45) is 1.16. The highest BCUT2D eigenvalue weighted by Crippen LogP contribution is 2.31. The van der Waals surface area contributed by atoms with E-state index in [-0.39, 0.29) is 10.8 Å². The summed E-state index contributed by atoms with van der Waals surface area (Å²) in [5.41, 5.74) is 0.145. The largest absolute Gasteiger partial charge is 0.450 e. The Balaban J connectivity index is 2.17. The van der Waals surface area contributed by atoms with E-state index in [0.29, 0.717) is 6.42 Å². The van der Waals surface area contributed by atoms with Crippen molar-refractivity contribution >= 4 is 27.8 Å². The van der Waals surface area contributed by atoms with Crippen molar-refractivity contribution in [2.75, 3.05) is 5.88 Å². The Bertz CT molecular complexity index is 948. The molecule has 33 heavy (non-hydrogen) atoms. The van der Waals surface area contributed by atoms with Gasteiger partial charge in [-0.1, -0.05) is 37.0 Å². The van der Waals surface area contributed by atoms with Crippen molar-refractivity contribution in [1.82, 2.24) is 10.6 Å². The maximum atomic E-state index is 13.0. The molecule has 1 saturated carbocycles. The van der Waals surface area contributed by atoms with Crippen LogP contribution in [0.4, 0.5) is 4.79 Å². The van der Waals surface area contributed by atoms with E-state index in [9.17, 15) is 22.8 Å². The molecule has 1 aromatic carbocycles. The second kappa shape index (κ2) is 11.0. The fraction of sp³-hybridized carbons (Fsp3) is 0.609. The molecule has 1 aliphatic rings. The average Bonchev–Trinajstić information content (AvgIpc) is 2.65. The van der Waals surface area contributed by atoms with Crippen molar-refractivity contribution in [3.8, 4) is 0 Å². The normalized spacial score (nSPS) is 16.2. The summed E-state index contributed by atoms with van der Waals surface area (Å²) in [6, 6.07) is 5.38. The summed E-state index contributed by atoms with van der Waals surface area (Å²) >= 11 is 0. The molecule has 0 spiro atoms. The van der Waals surface area contributed by atoms with Crippen LogP contribution in [-0.2, 0) is 28.9 Å². The number of carbonyl (C=O) groups excluding carboxylic acids is 3. The Morgan fingerprint density at radius 1 is 1.12 bits per heavy atom. The maximum Gasteiger partial charge on any atom is 0.408 e.